The van der Waals surface area contributed by atoms with Crippen LogP contribution in [0.2, 0.25) is 0 Å². The van der Waals surface area contributed by atoms with Gasteiger partial charge in [0.25, 0.3) is 0 Å². The minimum atomic E-state index is -0.626. The lowest BCUT2D eigenvalue weighted by Crippen LogP contribution is -2.45. The predicted octanol–water partition coefficient (Wildman–Crippen LogP) is 2.09. The van der Waals surface area contributed by atoms with E-state index in [4.69, 9.17) is 9.15 Å². The van der Waals surface area contributed by atoms with Crippen molar-refractivity contribution >= 4 is 0 Å². The van der Waals surface area contributed by atoms with Gasteiger partial charge < -0.3 is 19.6 Å². The molecule has 2 rings (SSSR count). The standard InChI is InChI=1S/C14H23NO3/c1-10-8-13(12(3)18-10)11(2)15-9-14(16)4-6-17-7-5-14/h8,11,15-16H,4-7,9H2,1-3H3. The van der Waals surface area contributed by atoms with Crippen LogP contribution in [0, 0.1) is 13.8 Å². The summed E-state index contributed by atoms with van der Waals surface area (Å²) in [6, 6.07) is 2.25. The molecule has 102 valence electrons. The van der Waals surface area contributed by atoms with Gasteiger partial charge in [0, 0.05) is 44.2 Å². The highest BCUT2D eigenvalue weighted by atomic mass is 16.5. The molecule has 4 heteroatoms. The number of aliphatic hydroxyl groups is 1. The Labute approximate surface area is 108 Å². The van der Waals surface area contributed by atoms with Crippen LogP contribution in [0.25, 0.3) is 0 Å². The lowest BCUT2D eigenvalue weighted by atomic mass is 9.94. The van der Waals surface area contributed by atoms with Gasteiger partial charge in [-0.25, -0.2) is 0 Å². The van der Waals surface area contributed by atoms with Crippen molar-refractivity contribution < 1.29 is 14.3 Å². The molecule has 1 aromatic heterocycles. The minimum absolute atomic E-state index is 0.189. The summed E-state index contributed by atoms with van der Waals surface area (Å²) in [5.74, 6) is 1.88. The maximum atomic E-state index is 10.4. The summed E-state index contributed by atoms with van der Waals surface area (Å²) in [6.45, 7) is 7.92. The third-order valence-electron chi connectivity index (χ3n) is 3.71. The van der Waals surface area contributed by atoms with Crippen molar-refractivity contribution in [3.05, 3.63) is 23.2 Å². The van der Waals surface area contributed by atoms with Crippen molar-refractivity contribution in [2.24, 2.45) is 0 Å². The first-order valence-corrected chi connectivity index (χ1v) is 6.61. The third-order valence-corrected chi connectivity index (χ3v) is 3.71. The molecule has 2 N–H and O–H groups in total. The molecule has 1 saturated heterocycles. The zero-order chi connectivity index (χ0) is 13.2. The van der Waals surface area contributed by atoms with E-state index >= 15 is 0 Å². The highest BCUT2D eigenvalue weighted by Crippen LogP contribution is 2.24. The summed E-state index contributed by atoms with van der Waals surface area (Å²) < 4.78 is 10.8. The third kappa shape index (κ3) is 3.13. The second-order valence-electron chi connectivity index (χ2n) is 5.31. The summed E-state index contributed by atoms with van der Waals surface area (Å²) in [5.41, 5.74) is 0.544. The first-order valence-electron chi connectivity index (χ1n) is 6.61. The van der Waals surface area contributed by atoms with Crippen molar-refractivity contribution in [2.45, 2.75) is 45.3 Å². The van der Waals surface area contributed by atoms with E-state index in [-0.39, 0.29) is 6.04 Å². The van der Waals surface area contributed by atoms with Crippen LogP contribution in [0.15, 0.2) is 10.5 Å². The van der Waals surface area contributed by atoms with Gasteiger partial charge >= 0.3 is 0 Å². The molecule has 0 saturated carbocycles. The monoisotopic (exact) mass is 253 g/mol. The van der Waals surface area contributed by atoms with E-state index in [2.05, 4.69) is 18.3 Å². The van der Waals surface area contributed by atoms with Gasteiger partial charge in [0.1, 0.15) is 11.5 Å². The molecule has 1 fully saturated rings. The van der Waals surface area contributed by atoms with Crippen LogP contribution in [0.1, 0.15) is 42.9 Å². The summed E-state index contributed by atoms with van der Waals surface area (Å²) in [5, 5.41) is 13.8. The van der Waals surface area contributed by atoms with Gasteiger partial charge in [-0.1, -0.05) is 0 Å². The molecule has 1 unspecified atom stereocenters. The van der Waals surface area contributed by atoms with Crippen molar-refractivity contribution in [1.82, 2.24) is 5.32 Å². The zero-order valence-corrected chi connectivity index (χ0v) is 11.5. The fourth-order valence-corrected chi connectivity index (χ4v) is 2.46. The molecule has 0 amide bonds. The Balaban J connectivity index is 1.91. The predicted molar refractivity (Wildman–Crippen MR) is 69.6 cm³/mol. The molecule has 2 heterocycles. The molecule has 1 aliphatic heterocycles. The first-order chi connectivity index (χ1) is 8.50. The van der Waals surface area contributed by atoms with Crippen LogP contribution in [-0.2, 0) is 4.74 Å². The summed E-state index contributed by atoms with van der Waals surface area (Å²) >= 11 is 0. The van der Waals surface area contributed by atoms with Gasteiger partial charge in [-0.3, -0.25) is 0 Å². The van der Waals surface area contributed by atoms with Crippen LogP contribution >= 0.6 is 0 Å². The maximum Gasteiger partial charge on any atom is 0.105 e. The van der Waals surface area contributed by atoms with Crippen LogP contribution in [0.4, 0.5) is 0 Å². The quantitative estimate of drug-likeness (QED) is 0.862. The Bertz CT molecular complexity index is 394. The zero-order valence-electron chi connectivity index (χ0n) is 11.5. The number of hydrogen-bond acceptors (Lipinski definition) is 4. The number of aryl methyl sites for hydroxylation is 2. The van der Waals surface area contributed by atoms with E-state index in [0.717, 1.165) is 11.5 Å². The van der Waals surface area contributed by atoms with E-state index in [9.17, 15) is 5.11 Å². The smallest absolute Gasteiger partial charge is 0.105 e. The Morgan fingerprint density at radius 3 is 2.61 bits per heavy atom. The Morgan fingerprint density at radius 1 is 1.39 bits per heavy atom. The van der Waals surface area contributed by atoms with Gasteiger partial charge in [-0.15, -0.1) is 0 Å². The second-order valence-corrected chi connectivity index (χ2v) is 5.31. The van der Waals surface area contributed by atoms with Gasteiger partial charge in [0.05, 0.1) is 5.60 Å². The molecule has 0 bridgehead atoms. The lowest BCUT2D eigenvalue weighted by Gasteiger charge is -2.33. The first kappa shape index (κ1) is 13.6. The second kappa shape index (κ2) is 5.43. The lowest BCUT2D eigenvalue weighted by molar-refractivity contribution is -0.0626. The summed E-state index contributed by atoms with van der Waals surface area (Å²) in [7, 11) is 0. The van der Waals surface area contributed by atoms with Crippen molar-refractivity contribution in [3.8, 4) is 0 Å². The highest BCUT2D eigenvalue weighted by molar-refractivity contribution is 5.23. The van der Waals surface area contributed by atoms with Gasteiger partial charge in [0.2, 0.25) is 0 Å². The van der Waals surface area contributed by atoms with Crippen molar-refractivity contribution in [3.63, 3.8) is 0 Å². The van der Waals surface area contributed by atoms with Crippen molar-refractivity contribution in [1.29, 1.82) is 0 Å². The number of hydrogen-bond donors (Lipinski definition) is 2. The van der Waals surface area contributed by atoms with Crippen LogP contribution in [-0.4, -0.2) is 30.5 Å². The molecule has 0 aromatic carbocycles. The van der Waals surface area contributed by atoms with Gasteiger partial charge in [-0.05, 0) is 26.8 Å². The number of furan rings is 1. The Hall–Kier alpha value is -0.840. The fraction of sp³-hybridized carbons (Fsp3) is 0.714. The Morgan fingerprint density at radius 2 is 2.06 bits per heavy atom. The maximum absolute atomic E-state index is 10.4. The number of ether oxygens (including phenoxy) is 1. The van der Waals surface area contributed by atoms with Crippen LogP contribution in [0.3, 0.4) is 0 Å². The number of nitrogens with one attached hydrogen (secondary N) is 1. The molecule has 4 nitrogen and oxygen atoms in total. The topological polar surface area (TPSA) is 54.6 Å². The van der Waals surface area contributed by atoms with E-state index in [1.165, 1.54) is 5.56 Å². The average Bonchev–Trinajstić information content (AvgIpc) is 2.67. The molecule has 1 aliphatic rings. The van der Waals surface area contributed by atoms with Crippen molar-refractivity contribution in [2.75, 3.05) is 19.8 Å². The fourth-order valence-electron chi connectivity index (χ4n) is 2.46. The largest absolute Gasteiger partial charge is 0.466 e. The van der Waals surface area contributed by atoms with Gasteiger partial charge in [0.15, 0.2) is 0 Å². The van der Waals surface area contributed by atoms with Crippen LogP contribution < -0.4 is 5.32 Å². The van der Waals surface area contributed by atoms with E-state index in [0.29, 0.717) is 32.6 Å². The average molecular weight is 253 g/mol. The number of rotatable bonds is 4. The molecular formula is C14H23NO3. The Kier molecular flexibility index (Phi) is 4.10. The molecule has 18 heavy (non-hydrogen) atoms. The van der Waals surface area contributed by atoms with E-state index < -0.39 is 5.60 Å². The summed E-state index contributed by atoms with van der Waals surface area (Å²) in [6.07, 6.45) is 1.41. The molecule has 0 spiro atoms. The van der Waals surface area contributed by atoms with E-state index in [1.54, 1.807) is 0 Å². The van der Waals surface area contributed by atoms with Gasteiger partial charge in [-0.2, -0.15) is 0 Å². The molecular weight excluding hydrogens is 230 g/mol. The SMILES string of the molecule is Cc1cc(C(C)NCC2(O)CCOCC2)c(C)o1. The molecule has 1 atom stereocenters. The normalized spacial score (nSPS) is 20.9. The summed E-state index contributed by atoms with van der Waals surface area (Å²) in [4.78, 5) is 0. The highest BCUT2D eigenvalue weighted by Gasteiger charge is 2.30. The molecule has 1 aromatic rings. The van der Waals surface area contributed by atoms with Crippen LogP contribution in [0.5, 0.6) is 0 Å². The minimum Gasteiger partial charge on any atom is -0.466 e. The molecule has 0 aliphatic carbocycles. The molecule has 0 radical (unpaired) electrons. The van der Waals surface area contributed by atoms with E-state index in [1.807, 2.05) is 13.8 Å².